The predicted octanol–water partition coefficient (Wildman–Crippen LogP) is 1.99. The summed E-state index contributed by atoms with van der Waals surface area (Å²) in [5.41, 5.74) is -0.0746. The van der Waals surface area contributed by atoms with Crippen molar-refractivity contribution in [2.75, 3.05) is 24.3 Å². The molecule has 1 aromatic rings. The van der Waals surface area contributed by atoms with Crippen molar-refractivity contribution in [3.63, 3.8) is 0 Å². The number of nitrogens with one attached hydrogen (secondary N) is 2. The Bertz CT molecular complexity index is 545. The number of hydrogen-bond donors (Lipinski definition) is 2. The van der Waals surface area contributed by atoms with Crippen molar-refractivity contribution >= 4 is 17.4 Å². The van der Waals surface area contributed by atoms with Crippen molar-refractivity contribution in [3.8, 4) is 0 Å². The van der Waals surface area contributed by atoms with Gasteiger partial charge in [0, 0.05) is 20.0 Å². The van der Waals surface area contributed by atoms with Crippen molar-refractivity contribution < 1.29 is 4.79 Å². The molecule has 1 aliphatic carbocycles. The second-order valence-electron chi connectivity index (χ2n) is 5.94. The standard InChI is InChI=1S/C15H24N4O2/c1-4-10-5-7-11(8-6-10)14(20)18-12-13(19(2)3)16-9-17-15(12)21/h9-11H,4-8H2,1-3H3,(H,18,20)(H,16,17,21). The van der Waals surface area contributed by atoms with Crippen molar-refractivity contribution in [2.24, 2.45) is 11.8 Å². The maximum atomic E-state index is 12.4. The van der Waals surface area contributed by atoms with Crippen LogP contribution < -0.4 is 15.8 Å². The zero-order valence-corrected chi connectivity index (χ0v) is 13.0. The van der Waals surface area contributed by atoms with Crippen molar-refractivity contribution in [3.05, 3.63) is 16.7 Å². The molecule has 0 radical (unpaired) electrons. The van der Waals surface area contributed by atoms with Gasteiger partial charge < -0.3 is 15.2 Å². The fraction of sp³-hybridized carbons (Fsp3) is 0.667. The number of aromatic nitrogens is 2. The molecule has 1 heterocycles. The lowest BCUT2D eigenvalue weighted by Gasteiger charge is -2.27. The van der Waals surface area contributed by atoms with Crippen LogP contribution in [0, 0.1) is 11.8 Å². The highest BCUT2D eigenvalue weighted by Crippen LogP contribution is 2.31. The Morgan fingerprint density at radius 2 is 2.05 bits per heavy atom. The zero-order valence-electron chi connectivity index (χ0n) is 13.0. The smallest absolute Gasteiger partial charge is 0.276 e. The van der Waals surface area contributed by atoms with Gasteiger partial charge in [0.2, 0.25) is 5.91 Å². The summed E-state index contributed by atoms with van der Waals surface area (Å²) < 4.78 is 0. The molecular formula is C15H24N4O2. The summed E-state index contributed by atoms with van der Waals surface area (Å²) in [7, 11) is 3.59. The average molecular weight is 292 g/mol. The summed E-state index contributed by atoms with van der Waals surface area (Å²) >= 11 is 0. The van der Waals surface area contributed by atoms with Crippen molar-refractivity contribution in [1.29, 1.82) is 0 Å². The van der Waals surface area contributed by atoms with E-state index < -0.39 is 0 Å². The van der Waals surface area contributed by atoms with Gasteiger partial charge in [-0.25, -0.2) is 4.98 Å². The van der Waals surface area contributed by atoms with Crippen LogP contribution in [0.5, 0.6) is 0 Å². The molecule has 2 N–H and O–H groups in total. The molecule has 1 fully saturated rings. The van der Waals surface area contributed by atoms with E-state index in [1.54, 1.807) is 19.0 Å². The minimum Gasteiger partial charge on any atom is -0.361 e. The van der Waals surface area contributed by atoms with E-state index in [1.165, 1.54) is 12.7 Å². The first kappa shape index (κ1) is 15.5. The molecule has 21 heavy (non-hydrogen) atoms. The molecule has 0 atom stereocenters. The largest absolute Gasteiger partial charge is 0.361 e. The first-order valence-corrected chi connectivity index (χ1v) is 7.58. The Kier molecular flexibility index (Phi) is 4.98. The molecule has 2 rings (SSSR count). The molecule has 1 saturated carbocycles. The Hall–Kier alpha value is -1.85. The number of nitrogens with zero attached hydrogens (tertiary/aromatic N) is 2. The van der Waals surface area contributed by atoms with Crippen LogP contribution in [0.3, 0.4) is 0 Å². The van der Waals surface area contributed by atoms with Crippen molar-refractivity contribution in [1.82, 2.24) is 9.97 Å². The highest BCUT2D eigenvalue weighted by Gasteiger charge is 2.26. The summed E-state index contributed by atoms with van der Waals surface area (Å²) in [6.07, 6.45) is 6.53. The van der Waals surface area contributed by atoms with Gasteiger partial charge >= 0.3 is 0 Å². The van der Waals surface area contributed by atoms with Gasteiger partial charge in [-0.05, 0) is 31.6 Å². The third-order valence-corrected chi connectivity index (χ3v) is 4.30. The van der Waals surface area contributed by atoms with E-state index in [1.807, 2.05) is 0 Å². The zero-order chi connectivity index (χ0) is 15.4. The Balaban J connectivity index is 2.08. The molecule has 0 spiro atoms. The molecule has 1 aliphatic rings. The van der Waals surface area contributed by atoms with E-state index >= 15 is 0 Å². The molecule has 0 unspecified atom stereocenters. The first-order chi connectivity index (χ1) is 10.0. The minimum absolute atomic E-state index is 0.00224. The van der Waals surface area contributed by atoms with Gasteiger partial charge in [-0.1, -0.05) is 13.3 Å². The van der Waals surface area contributed by atoms with Crippen LogP contribution in [0.1, 0.15) is 39.0 Å². The highest BCUT2D eigenvalue weighted by molar-refractivity contribution is 5.94. The van der Waals surface area contributed by atoms with Crippen LogP contribution in [0.2, 0.25) is 0 Å². The maximum Gasteiger partial charge on any atom is 0.276 e. The maximum absolute atomic E-state index is 12.4. The monoisotopic (exact) mass is 292 g/mol. The van der Waals surface area contributed by atoms with Crippen LogP contribution in [0.25, 0.3) is 0 Å². The normalized spacial score (nSPS) is 21.9. The second-order valence-corrected chi connectivity index (χ2v) is 5.94. The average Bonchev–Trinajstić information content (AvgIpc) is 2.49. The quantitative estimate of drug-likeness (QED) is 0.889. The van der Waals surface area contributed by atoms with Gasteiger partial charge in [0.05, 0.1) is 6.33 Å². The number of anilines is 2. The molecule has 1 aromatic heterocycles. The summed E-state index contributed by atoms with van der Waals surface area (Å²) in [6, 6.07) is 0. The number of hydrogen-bond acceptors (Lipinski definition) is 4. The lowest BCUT2D eigenvalue weighted by atomic mass is 9.80. The SMILES string of the molecule is CCC1CCC(C(=O)Nc2c(N(C)C)nc[nH]c2=O)CC1. The van der Waals surface area contributed by atoms with E-state index in [4.69, 9.17) is 0 Å². The Morgan fingerprint density at radius 1 is 1.38 bits per heavy atom. The van der Waals surface area contributed by atoms with E-state index in [2.05, 4.69) is 22.2 Å². The van der Waals surface area contributed by atoms with E-state index in [0.717, 1.165) is 31.6 Å². The first-order valence-electron chi connectivity index (χ1n) is 7.58. The Morgan fingerprint density at radius 3 is 2.62 bits per heavy atom. The van der Waals surface area contributed by atoms with Gasteiger partial charge in [0.1, 0.15) is 0 Å². The number of aromatic amines is 1. The van der Waals surface area contributed by atoms with Crippen LogP contribution >= 0.6 is 0 Å². The molecule has 6 heteroatoms. The molecule has 116 valence electrons. The molecule has 0 aliphatic heterocycles. The van der Waals surface area contributed by atoms with Gasteiger partial charge in [0.25, 0.3) is 5.56 Å². The second kappa shape index (κ2) is 6.74. The van der Waals surface area contributed by atoms with Gasteiger partial charge in [-0.2, -0.15) is 0 Å². The van der Waals surface area contributed by atoms with Crippen molar-refractivity contribution in [2.45, 2.75) is 39.0 Å². The fourth-order valence-electron chi connectivity index (χ4n) is 2.90. The molecular weight excluding hydrogens is 268 g/mol. The molecule has 0 saturated heterocycles. The lowest BCUT2D eigenvalue weighted by Crippen LogP contribution is -2.31. The predicted molar refractivity (Wildman–Crippen MR) is 83.6 cm³/mol. The molecule has 1 amide bonds. The lowest BCUT2D eigenvalue weighted by molar-refractivity contribution is -0.121. The topological polar surface area (TPSA) is 78.1 Å². The third-order valence-electron chi connectivity index (χ3n) is 4.30. The van der Waals surface area contributed by atoms with E-state index in [0.29, 0.717) is 5.82 Å². The number of amides is 1. The van der Waals surface area contributed by atoms with Crippen LogP contribution in [-0.2, 0) is 4.79 Å². The summed E-state index contributed by atoms with van der Waals surface area (Å²) in [4.78, 5) is 32.7. The number of carbonyl (C=O) groups is 1. The van der Waals surface area contributed by atoms with Crippen LogP contribution in [-0.4, -0.2) is 30.0 Å². The Labute approximate surface area is 125 Å². The summed E-state index contributed by atoms with van der Waals surface area (Å²) in [5.74, 6) is 1.16. The van der Waals surface area contributed by atoms with Crippen LogP contribution in [0.15, 0.2) is 11.1 Å². The van der Waals surface area contributed by atoms with Gasteiger partial charge in [-0.3, -0.25) is 9.59 Å². The van der Waals surface area contributed by atoms with Gasteiger partial charge in [-0.15, -0.1) is 0 Å². The third kappa shape index (κ3) is 3.62. The fourth-order valence-corrected chi connectivity index (χ4v) is 2.90. The van der Waals surface area contributed by atoms with Gasteiger partial charge in [0.15, 0.2) is 11.5 Å². The highest BCUT2D eigenvalue weighted by atomic mass is 16.2. The van der Waals surface area contributed by atoms with E-state index in [-0.39, 0.29) is 23.1 Å². The molecule has 0 bridgehead atoms. The molecule has 6 nitrogen and oxygen atoms in total. The number of H-pyrrole nitrogens is 1. The summed E-state index contributed by atoms with van der Waals surface area (Å²) in [6.45, 7) is 2.20. The van der Waals surface area contributed by atoms with E-state index in [9.17, 15) is 9.59 Å². The summed E-state index contributed by atoms with van der Waals surface area (Å²) in [5, 5.41) is 2.78. The van der Waals surface area contributed by atoms with Crippen LogP contribution in [0.4, 0.5) is 11.5 Å². The number of rotatable bonds is 4. The molecule has 0 aromatic carbocycles. The number of carbonyl (C=O) groups excluding carboxylic acids is 1. The minimum atomic E-state index is -0.315.